The van der Waals surface area contributed by atoms with E-state index in [0.717, 1.165) is 18.4 Å². The summed E-state index contributed by atoms with van der Waals surface area (Å²) in [5.74, 6) is 0.884. The first-order chi connectivity index (χ1) is 13.1. The molecule has 2 amide bonds. The fourth-order valence-electron chi connectivity index (χ4n) is 4.14. The molecule has 2 fully saturated rings. The van der Waals surface area contributed by atoms with Crippen molar-refractivity contribution in [2.45, 2.75) is 32.2 Å². The second-order valence-corrected chi connectivity index (χ2v) is 7.38. The number of aryl methyl sites for hydroxylation is 1. The van der Waals surface area contributed by atoms with Crippen LogP contribution in [0, 0.1) is 18.2 Å². The number of amides is 2. The highest BCUT2D eigenvalue weighted by Gasteiger charge is 2.51. The standard InChI is InChI=1S/C19H23FN4O3/c1-13-22-17(27-23-13)16-11-24(12-19(16)5-7-26-8-6-19)18(25)21-10-14-3-2-4-15(20)9-14/h2-4,9,16H,5-8,10-12H2,1H3,(H,21,25)/t16-/m1/s1. The highest BCUT2D eigenvalue weighted by atomic mass is 19.1. The Kier molecular flexibility index (Phi) is 4.82. The number of rotatable bonds is 3. The van der Waals surface area contributed by atoms with Crippen LogP contribution in [-0.4, -0.2) is 47.4 Å². The highest BCUT2D eigenvalue weighted by Crippen LogP contribution is 2.49. The number of hydrogen-bond donors (Lipinski definition) is 1. The van der Waals surface area contributed by atoms with Gasteiger partial charge in [0.25, 0.3) is 0 Å². The van der Waals surface area contributed by atoms with Crippen molar-refractivity contribution < 1.29 is 18.4 Å². The predicted molar refractivity (Wildman–Crippen MR) is 94.5 cm³/mol. The molecular weight excluding hydrogens is 351 g/mol. The number of ether oxygens (including phenoxy) is 1. The number of carbonyl (C=O) groups excluding carboxylic acids is 1. The quantitative estimate of drug-likeness (QED) is 0.893. The second kappa shape index (κ2) is 7.26. The van der Waals surface area contributed by atoms with E-state index in [1.165, 1.54) is 12.1 Å². The molecule has 4 rings (SSSR count). The molecule has 1 aromatic heterocycles. The summed E-state index contributed by atoms with van der Waals surface area (Å²) in [6.45, 7) is 4.56. The van der Waals surface area contributed by atoms with Crippen molar-refractivity contribution in [3.05, 3.63) is 47.4 Å². The lowest BCUT2D eigenvalue weighted by Crippen LogP contribution is -2.41. The molecule has 0 saturated carbocycles. The van der Waals surface area contributed by atoms with Gasteiger partial charge in [-0.3, -0.25) is 0 Å². The average Bonchev–Trinajstić information content (AvgIpc) is 3.24. The van der Waals surface area contributed by atoms with E-state index in [1.54, 1.807) is 24.0 Å². The number of urea groups is 1. The van der Waals surface area contributed by atoms with E-state index in [-0.39, 0.29) is 29.7 Å². The molecule has 8 heteroatoms. The summed E-state index contributed by atoms with van der Waals surface area (Å²) in [4.78, 5) is 19.0. The summed E-state index contributed by atoms with van der Waals surface area (Å²) in [5, 5.41) is 6.81. The Morgan fingerprint density at radius 1 is 1.41 bits per heavy atom. The van der Waals surface area contributed by atoms with Crippen LogP contribution in [0.5, 0.6) is 0 Å². The van der Waals surface area contributed by atoms with Crippen LogP contribution in [0.3, 0.4) is 0 Å². The largest absolute Gasteiger partial charge is 0.381 e. The number of halogens is 1. The lowest BCUT2D eigenvalue weighted by Gasteiger charge is -2.36. The fourth-order valence-corrected chi connectivity index (χ4v) is 4.14. The fraction of sp³-hybridized carbons (Fsp3) is 0.526. The van der Waals surface area contributed by atoms with Gasteiger partial charge in [0.2, 0.25) is 5.89 Å². The summed E-state index contributed by atoms with van der Waals surface area (Å²) in [7, 11) is 0. The van der Waals surface area contributed by atoms with E-state index < -0.39 is 0 Å². The summed E-state index contributed by atoms with van der Waals surface area (Å²) in [5.41, 5.74) is 0.625. The van der Waals surface area contributed by atoms with Crippen molar-refractivity contribution in [3.63, 3.8) is 0 Å². The van der Waals surface area contributed by atoms with Gasteiger partial charge in [-0.25, -0.2) is 9.18 Å². The third-order valence-corrected chi connectivity index (χ3v) is 5.60. The number of benzene rings is 1. The zero-order chi connectivity index (χ0) is 18.9. The van der Waals surface area contributed by atoms with Crippen molar-refractivity contribution in [2.24, 2.45) is 5.41 Å². The molecule has 2 saturated heterocycles. The molecule has 1 N–H and O–H groups in total. The molecule has 7 nitrogen and oxygen atoms in total. The third kappa shape index (κ3) is 3.66. The number of carbonyl (C=O) groups is 1. The molecule has 2 aliphatic rings. The number of nitrogens with zero attached hydrogens (tertiary/aromatic N) is 3. The van der Waals surface area contributed by atoms with Crippen LogP contribution in [-0.2, 0) is 11.3 Å². The topological polar surface area (TPSA) is 80.5 Å². The Morgan fingerprint density at radius 3 is 2.93 bits per heavy atom. The Bertz CT molecular complexity index is 819. The van der Waals surface area contributed by atoms with Crippen LogP contribution >= 0.6 is 0 Å². The Morgan fingerprint density at radius 2 is 2.22 bits per heavy atom. The zero-order valence-corrected chi connectivity index (χ0v) is 15.3. The summed E-state index contributed by atoms with van der Waals surface area (Å²) in [6, 6.07) is 6.07. The first-order valence-electron chi connectivity index (χ1n) is 9.21. The number of aromatic nitrogens is 2. The molecule has 1 aromatic carbocycles. The molecule has 1 spiro atoms. The molecule has 2 aliphatic heterocycles. The minimum atomic E-state index is -0.309. The zero-order valence-electron chi connectivity index (χ0n) is 15.3. The summed E-state index contributed by atoms with van der Waals surface area (Å²) >= 11 is 0. The molecule has 2 aromatic rings. The molecule has 0 aliphatic carbocycles. The van der Waals surface area contributed by atoms with Crippen LogP contribution in [0.4, 0.5) is 9.18 Å². The van der Waals surface area contributed by atoms with Gasteiger partial charge in [0, 0.05) is 38.3 Å². The van der Waals surface area contributed by atoms with Crippen LogP contribution < -0.4 is 5.32 Å². The molecular formula is C19H23FN4O3. The average molecular weight is 374 g/mol. The molecule has 1 atom stereocenters. The van der Waals surface area contributed by atoms with E-state index >= 15 is 0 Å². The maximum atomic E-state index is 13.3. The van der Waals surface area contributed by atoms with E-state index in [2.05, 4.69) is 15.5 Å². The van der Waals surface area contributed by atoms with E-state index in [4.69, 9.17) is 9.26 Å². The van der Waals surface area contributed by atoms with Crippen molar-refractivity contribution in [1.29, 1.82) is 0 Å². The van der Waals surface area contributed by atoms with Gasteiger partial charge in [0.15, 0.2) is 5.82 Å². The van der Waals surface area contributed by atoms with E-state index in [9.17, 15) is 9.18 Å². The van der Waals surface area contributed by atoms with Gasteiger partial charge in [-0.1, -0.05) is 17.3 Å². The van der Waals surface area contributed by atoms with Crippen molar-refractivity contribution >= 4 is 6.03 Å². The molecule has 27 heavy (non-hydrogen) atoms. The highest BCUT2D eigenvalue weighted by molar-refractivity contribution is 5.74. The molecule has 0 unspecified atom stereocenters. The van der Waals surface area contributed by atoms with Gasteiger partial charge in [-0.15, -0.1) is 0 Å². The smallest absolute Gasteiger partial charge is 0.317 e. The van der Waals surface area contributed by atoms with Gasteiger partial charge in [0.1, 0.15) is 5.82 Å². The SMILES string of the molecule is Cc1noc([C@H]2CN(C(=O)NCc3cccc(F)c3)CC23CCOCC3)n1. The third-order valence-electron chi connectivity index (χ3n) is 5.60. The lowest BCUT2D eigenvalue weighted by molar-refractivity contribution is 0.00942. The molecule has 144 valence electrons. The van der Waals surface area contributed by atoms with Crippen LogP contribution in [0.15, 0.2) is 28.8 Å². The molecule has 0 radical (unpaired) electrons. The Labute approximate surface area is 156 Å². The first-order valence-corrected chi connectivity index (χ1v) is 9.21. The molecule has 3 heterocycles. The number of hydrogen-bond acceptors (Lipinski definition) is 5. The Balaban J connectivity index is 1.47. The number of nitrogens with one attached hydrogen (secondary N) is 1. The van der Waals surface area contributed by atoms with Gasteiger partial charge < -0.3 is 19.5 Å². The van der Waals surface area contributed by atoms with Crippen molar-refractivity contribution in [1.82, 2.24) is 20.4 Å². The van der Waals surface area contributed by atoms with E-state index in [1.807, 2.05) is 0 Å². The minimum Gasteiger partial charge on any atom is -0.381 e. The van der Waals surface area contributed by atoms with Crippen molar-refractivity contribution in [2.75, 3.05) is 26.3 Å². The van der Waals surface area contributed by atoms with Crippen LogP contribution in [0.25, 0.3) is 0 Å². The second-order valence-electron chi connectivity index (χ2n) is 7.38. The first kappa shape index (κ1) is 17.9. The Hall–Kier alpha value is -2.48. The van der Waals surface area contributed by atoms with Crippen molar-refractivity contribution in [3.8, 4) is 0 Å². The maximum absolute atomic E-state index is 13.3. The predicted octanol–water partition coefficient (Wildman–Crippen LogP) is 2.62. The maximum Gasteiger partial charge on any atom is 0.317 e. The van der Waals surface area contributed by atoms with Gasteiger partial charge in [-0.05, 0) is 37.5 Å². The summed E-state index contributed by atoms with van der Waals surface area (Å²) in [6.07, 6.45) is 1.71. The van der Waals surface area contributed by atoms with Crippen LogP contribution in [0.2, 0.25) is 0 Å². The normalized spacial score (nSPS) is 21.6. The number of likely N-dealkylation sites (tertiary alicyclic amines) is 1. The molecule has 0 bridgehead atoms. The monoisotopic (exact) mass is 374 g/mol. The van der Waals surface area contributed by atoms with Crippen LogP contribution in [0.1, 0.15) is 36.0 Å². The minimum absolute atomic E-state index is 0.00233. The lowest BCUT2D eigenvalue weighted by atomic mass is 9.72. The van der Waals surface area contributed by atoms with Gasteiger partial charge in [0.05, 0.1) is 5.92 Å². The summed E-state index contributed by atoms with van der Waals surface area (Å²) < 4.78 is 24.3. The van der Waals surface area contributed by atoms with Gasteiger partial charge >= 0.3 is 6.03 Å². The van der Waals surface area contributed by atoms with E-state index in [0.29, 0.717) is 38.0 Å². The van der Waals surface area contributed by atoms with Gasteiger partial charge in [-0.2, -0.15) is 4.98 Å².